The zero-order chi connectivity index (χ0) is 14.4. The third-order valence-electron chi connectivity index (χ3n) is 2.90. The first-order chi connectivity index (χ1) is 9.72. The van der Waals surface area contributed by atoms with Crippen LogP contribution in [-0.4, -0.2) is 35.7 Å². The van der Waals surface area contributed by atoms with E-state index in [0.717, 1.165) is 6.42 Å². The smallest absolute Gasteiger partial charge is 0.269 e. The van der Waals surface area contributed by atoms with Crippen molar-refractivity contribution in [1.82, 2.24) is 14.9 Å². The number of fused-ring (bicyclic) bond motifs is 1. The van der Waals surface area contributed by atoms with Gasteiger partial charge in [-0.15, -0.1) is 0 Å². The lowest BCUT2D eigenvalue weighted by atomic mass is 10.3. The van der Waals surface area contributed by atoms with Gasteiger partial charge in [-0.2, -0.15) is 0 Å². The molecule has 2 rings (SSSR count). The average molecular weight is 275 g/mol. The Kier molecular flexibility index (Phi) is 4.84. The van der Waals surface area contributed by atoms with Gasteiger partial charge >= 0.3 is 0 Å². The van der Waals surface area contributed by atoms with Crippen LogP contribution in [0.3, 0.4) is 0 Å². The van der Waals surface area contributed by atoms with Crippen molar-refractivity contribution in [2.45, 2.75) is 13.0 Å². The average Bonchev–Trinajstić information content (AvgIpc) is 2.47. The van der Waals surface area contributed by atoms with E-state index in [9.17, 15) is 9.59 Å². The molecule has 0 radical (unpaired) electrons. The highest BCUT2D eigenvalue weighted by Crippen LogP contribution is 2.07. The molecule has 0 saturated carbocycles. The first-order valence-electron chi connectivity index (χ1n) is 6.42. The number of ether oxygens (including phenoxy) is 1. The number of hydrogen-bond donors (Lipinski definition) is 1. The molecule has 0 bridgehead atoms. The molecule has 20 heavy (non-hydrogen) atoms. The Hall–Kier alpha value is -2.21. The van der Waals surface area contributed by atoms with Crippen molar-refractivity contribution in [2.24, 2.45) is 0 Å². The summed E-state index contributed by atoms with van der Waals surface area (Å²) in [6.45, 7) is 1.12. The molecule has 2 aromatic rings. The summed E-state index contributed by atoms with van der Waals surface area (Å²) in [6, 6.07) is 7.25. The van der Waals surface area contributed by atoms with Crippen LogP contribution in [0.5, 0.6) is 0 Å². The first-order valence-corrected chi connectivity index (χ1v) is 6.42. The lowest BCUT2D eigenvalue weighted by Gasteiger charge is -2.09. The van der Waals surface area contributed by atoms with Crippen LogP contribution < -0.4 is 10.9 Å². The van der Waals surface area contributed by atoms with Gasteiger partial charge < -0.3 is 10.1 Å². The van der Waals surface area contributed by atoms with Gasteiger partial charge in [0, 0.05) is 20.3 Å². The number of methoxy groups -OCH3 is 1. The van der Waals surface area contributed by atoms with Crippen LogP contribution in [-0.2, 0) is 16.1 Å². The summed E-state index contributed by atoms with van der Waals surface area (Å²) >= 11 is 0. The molecule has 0 spiro atoms. The summed E-state index contributed by atoms with van der Waals surface area (Å²) in [5.41, 5.74) is 1.07. The number of nitrogens with one attached hydrogen (secondary N) is 1. The number of aromatic nitrogens is 2. The lowest BCUT2D eigenvalue weighted by molar-refractivity contribution is -0.121. The maximum atomic E-state index is 11.8. The van der Waals surface area contributed by atoms with Crippen molar-refractivity contribution in [2.75, 3.05) is 20.3 Å². The van der Waals surface area contributed by atoms with Gasteiger partial charge in [0.05, 0.1) is 17.2 Å². The Labute approximate surface area is 116 Å². The van der Waals surface area contributed by atoms with Crippen LogP contribution in [0, 0.1) is 0 Å². The van der Waals surface area contributed by atoms with Crippen LogP contribution in [0.4, 0.5) is 0 Å². The van der Waals surface area contributed by atoms with E-state index >= 15 is 0 Å². The minimum Gasteiger partial charge on any atom is -0.385 e. The van der Waals surface area contributed by atoms with E-state index in [4.69, 9.17) is 4.74 Å². The van der Waals surface area contributed by atoms with E-state index in [1.807, 2.05) is 18.2 Å². The fourth-order valence-corrected chi connectivity index (χ4v) is 1.92. The Morgan fingerprint density at radius 3 is 3.00 bits per heavy atom. The predicted octanol–water partition coefficient (Wildman–Crippen LogP) is 0.549. The van der Waals surface area contributed by atoms with Gasteiger partial charge in [-0.3, -0.25) is 14.2 Å². The summed E-state index contributed by atoms with van der Waals surface area (Å²) in [5, 5.41) is 2.76. The SMILES string of the molecule is COCCCNC(=O)Cn1c(=O)cnc2ccccc21. The lowest BCUT2D eigenvalue weighted by Crippen LogP contribution is -2.33. The monoisotopic (exact) mass is 275 g/mol. The third-order valence-corrected chi connectivity index (χ3v) is 2.90. The van der Waals surface area contributed by atoms with Gasteiger partial charge in [0.15, 0.2) is 0 Å². The highest BCUT2D eigenvalue weighted by Gasteiger charge is 2.08. The molecule has 0 aliphatic rings. The summed E-state index contributed by atoms with van der Waals surface area (Å²) in [7, 11) is 1.62. The van der Waals surface area contributed by atoms with E-state index in [1.165, 1.54) is 10.8 Å². The predicted molar refractivity (Wildman–Crippen MR) is 75.5 cm³/mol. The highest BCUT2D eigenvalue weighted by atomic mass is 16.5. The molecule has 1 amide bonds. The molecule has 0 aliphatic heterocycles. The molecule has 6 heteroatoms. The molecule has 1 aromatic carbocycles. The normalized spacial score (nSPS) is 10.7. The standard InChI is InChI=1S/C14H17N3O3/c1-20-8-4-7-15-13(18)10-17-12-6-3-2-5-11(12)16-9-14(17)19/h2-3,5-6,9H,4,7-8,10H2,1H3,(H,15,18). The third kappa shape index (κ3) is 3.42. The number of para-hydroxylation sites is 2. The number of hydrogen-bond acceptors (Lipinski definition) is 4. The quantitative estimate of drug-likeness (QED) is 0.781. The number of carbonyl (C=O) groups is 1. The Balaban J connectivity index is 2.11. The Morgan fingerprint density at radius 1 is 1.40 bits per heavy atom. The van der Waals surface area contributed by atoms with Crippen molar-refractivity contribution in [3.63, 3.8) is 0 Å². The second-order valence-electron chi connectivity index (χ2n) is 4.37. The molecule has 0 atom stereocenters. The van der Waals surface area contributed by atoms with Gasteiger partial charge in [0.1, 0.15) is 6.54 Å². The maximum absolute atomic E-state index is 11.8. The zero-order valence-electron chi connectivity index (χ0n) is 11.3. The molecular weight excluding hydrogens is 258 g/mol. The molecule has 0 unspecified atom stereocenters. The van der Waals surface area contributed by atoms with Crippen molar-refractivity contribution < 1.29 is 9.53 Å². The maximum Gasteiger partial charge on any atom is 0.269 e. The summed E-state index contributed by atoms with van der Waals surface area (Å²) in [6.07, 6.45) is 1.98. The van der Waals surface area contributed by atoms with Crippen LogP contribution in [0.15, 0.2) is 35.3 Å². The fraction of sp³-hybridized carbons (Fsp3) is 0.357. The number of carbonyl (C=O) groups excluding carboxylic acids is 1. The zero-order valence-corrected chi connectivity index (χ0v) is 11.3. The largest absolute Gasteiger partial charge is 0.385 e. The molecule has 0 fully saturated rings. The minimum absolute atomic E-state index is 0.00511. The van der Waals surface area contributed by atoms with Crippen LogP contribution in [0.25, 0.3) is 11.0 Å². The number of amides is 1. The minimum atomic E-state index is -0.282. The van der Waals surface area contributed by atoms with Crippen LogP contribution in [0.1, 0.15) is 6.42 Å². The van der Waals surface area contributed by atoms with Crippen molar-refractivity contribution in [3.8, 4) is 0 Å². The molecule has 0 aliphatic carbocycles. The van der Waals surface area contributed by atoms with Crippen molar-refractivity contribution in [3.05, 3.63) is 40.8 Å². The molecule has 1 aromatic heterocycles. The van der Waals surface area contributed by atoms with E-state index in [0.29, 0.717) is 24.2 Å². The van der Waals surface area contributed by atoms with Gasteiger partial charge in [-0.1, -0.05) is 12.1 Å². The summed E-state index contributed by atoms with van der Waals surface area (Å²) in [4.78, 5) is 27.7. The summed E-state index contributed by atoms with van der Waals surface area (Å²) in [5.74, 6) is -0.195. The van der Waals surface area contributed by atoms with E-state index < -0.39 is 0 Å². The van der Waals surface area contributed by atoms with Gasteiger partial charge in [-0.25, -0.2) is 4.98 Å². The van der Waals surface area contributed by atoms with E-state index in [2.05, 4.69) is 10.3 Å². The van der Waals surface area contributed by atoms with E-state index in [-0.39, 0.29) is 18.0 Å². The first kappa shape index (κ1) is 14.2. The van der Waals surface area contributed by atoms with E-state index in [1.54, 1.807) is 13.2 Å². The van der Waals surface area contributed by atoms with Crippen molar-refractivity contribution in [1.29, 1.82) is 0 Å². The summed E-state index contributed by atoms with van der Waals surface area (Å²) < 4.78 is 6.33. The molecule has 106 valence electrons. The Morgan fingerprint density at radius 2 is 2.20 bits per heavy atom. The van der Waals surface area contributed by atoms with Crippen LogP contribution in [0.2, 0.25) is 0 Å². The molecular formula is C14H17N3O3. The molecule has 0 saturated heterocycles. The second kappa shape index (κ2) is 6.81. The number of rotatable bonds is 6. The van der Waals surface area contributed by atoms with Gasteiger partial charge in [0.25, 0.3) is 5.56 Å². The number of benzene rings is 1. The topological polar surface area (TPSA) is 73.2 Å². The number of nitrogens with zero attached hydrogens (tertiary/aromatic N) is 2. The second-order valence-corrected chi connectivity index (χ2v) is 4.37. The fourth-order valence-electron chi connectivity index (χ4n) is 1.92. The Bertz CT molecular complexity index is 651. The molecule has 1 N–H and O–H groups in total. The highest BCUT2D eigenvalue weighted by molar-refractivity contribution is 5.79. The van der Waals surface area contributed by atoms with Crippen LogP contribution >= 0.6 is 0 Å². The van der Waals surface area contributed by atoms with Gasteiger partial charge in [0.2, 0.25) is 5.91 Å². The van der Waals surface area contributed by atoms with Gasteiger partial charge in [-0.05, 0) is 18.6 Å². The van der Waals surface area contributed by atoms with Crippen molar-refractivity contribution >= 4 is 16.9 Å². The molecule has 6 nitrogen and oxygen atoms in total. The molecule has 1 heterocycles.